The number of fused-ring (bicyclic) bond motifs is 1. The molecule has 0 radical (unpaired) electrons. The van der Waals surface area contributed by atoms with Gasteiger partial charge in [-0.15, -0.1) is 0 Å². The number of amides is 2. The molecule has 2 aliphatic rings. The van der Waals surface area contributed by atoms with E-state index < -0.39 is 9.84 Å². The zero-order chi connectivity index (χ0) is 19.0. The van der Waals surface area contributed by atoms with E-state index in [0.29, 0.717) is 21.6 Å². The number of nitrogens with zero attached hydrogens (tertiary/aromatic N) is 1. The third kappa shape index (κ3) is 3.73. The van der Waals surface area contributed by atoms with Crippen molar-refractivity contribution in [3.63, 3.8) is 0 Å². The van der Waals surface area contributed by atoms with Crippen LogP contribution in [-0.4, -0.2) is 43.5 Å². The van der Waals surface area contributed by atoms with Crippen molar-refractivity contribution >= 4 is 21.7 Å². The van der Waals surface area contributed by atoms with Crippen molar-refractivity contribution in [1.82, 2.24) is 10.2 Å². The standard InChI is InChI=1S/C20H20N2O4S/c23-19(21-17-9-10-17)14-5-7-15(8-6-14)20(24)22-11-12-27(25,26)18-4-2-1-3-16(18)13-22/h1-8,17H,9-13H2,(H,21,23). The van der Waals surface area contributed by atoms with Crippen LogP contribution >= 0.6 is 0 Å². The summed E-state index contributed by atoms with van der Waals surface area (Å²) in [6, 6.07) is 13.6. The van der Waals surface area contributed by atoms with Crippen LogP contribution in [0.3, 0.4) is 0 Å². The summed E-state index contributed by atoms with van der Waals surface area (Å²) in [5, 5.41) is 2.91. The van der Waals surface area contributed by atoms with Gasteiger partial charge in [0.25, 0.3) is 11.8 Å². The van der Waals surface area contributed by atoms with Crippen LogP contribution in [0.2, 0.25) is 0 Å². The summed E-state index contributed by atoms with van der Waals surface area (Å²) in [4.78, 5) is 26.8. The molecule has 0 spiro atoms. The Morgan fingerprint density at radius 1 is 0.963 bits per heavy atom. The fourth-order valence-electron chi connectivity index (χ4n) is 3.18. The van der Waals surface area contributed by atoms with E-state index in [1.54, 1.807) is 53.4 Å². The zero-order valence-electron chi connectivity index (χ0n) is 14.7. The van der Waals surface area contributed by atoms with Gasteiger partial charge in [0.2, 0.25) is 0 Å². The van der Waals surface area contributed by atoms with E-state index in [2.05, 4.69) is 5.32 Å². The lowest BCUT2D eigenvalue weighted by Crippen LogP contribution is -2.32. The summed E-state index contributed by atoms with van der Waals surface area (Å²) in [6.45, 7) is 0.387. The van der Waals surface area contributed by atoms with Crippen molar-refractivity contribution in [2.75, 3.05) is 12.3 Å². The fourth-order valence-corrected chi connectivity index (χ4v) is 4.68. The second kappa shape index (κ2) is 6.81. The Morgan fingerprint density at radius 2 is 1.63 bits per heavy atom. The van der Waals surface area contributed by atoms with E-state index in [-0.39, 0.29) is 36.7 Å². The minimum atomic E-state index is -3.40. The minimum Gasteiger partial charge on any atom is -0.349 e. The van der Waals surface area contributed by atoms with Gasteiger partial charge in [-0.05, 0) is 48.7 Å². The second-order valence-corrected chi connectivity index (χ2v) is 9.06. The molecule has 0 saturated heterocycles. The lowest BCUT2D eigenvalue weighted by molar-refractivity contribution is 0.0753. The quantitative estimate of drug-likeness (QED) is 0.877. The van der Waals surface area contributed by atoms with E-state index in [1.807, 2.05) is 0 Å². The number of carbonyl (C=O) groups excluding carboxylic acids is 2. The average Bonchev–Trinajstić information content (AvgIpc) is 3.49. The molecule has 1 N–H and O–H groups in total. The van der Waals surface area contributed by atoms with E-state index >= 15 is 0 Å². The van der Waals surface area contributed by atoms with Crippen LogP contribution in [0, 0.1) is 0 Å². The van der Waals surface area contributed by atoms with Crippen molar-refractivity contribution in [2.24, 2.45) is 0 Å². The Balaban J connectivity index is 1.53. The van der Waals surface area contributed by atoms with Crippen LogP contribution in [0.15, 0.2) is 53.4 Å². The van der Waals surface area contributed by atoms with Gasteiger partial charge in [-0.1, -0.05) is 18.2 Å². The van der Waals surface area contributed by atoms with E-state index in [4.69, 9.17) is 0 Å². The first-order valence-electron chi connectivity index (χ1n) is 8.95. The first kappa shape index (κ1) is 17.7. The summed E-state index contributed by atoms with van der Waals surface area (Å²) in [5.41, 5.74) is 1.58. The van der Waals surface area contributed by atoms with Gasteiger partial charge in [-0.3, -0.25) is 9.59 Å². The molecule has 0 aromatic heterocycles. The zero-order valence-corrected chi connectivity index (χ0v) is 15.5. The molecule has 0 unspecified atom stereocenters. The molecule has 7 heteroatoms. The van der Waals surface area contributed by atoms with Gasteiger partial charge in [0.15, 0.2) is 9.84 Å². The van der Waals surface area contributed by atoms with Crippen molar-refractivity contribution in [2.45, 2.75) is 30.3 Å². The highest BCUT2D eigenvalue weighted by atomic mass is 32.2. The largest absolute Gasteiger partial charge is 0.349 e. The third-order valence-electron chi connectivity index (χ3n) is 4.89. The Kier molecular flexibility index (Phi) is 4.47. The molecular weight excluding hydrogens is 364 g/mol. The summed E-state index contributed by atoms with van der Waals surface area (Å²) in [7, 11) is -3.40. The maximum atomic E-state index is 12.9. The molecule has 2 amide bonds. The number of rotatable bonds is 3. The Morgan fingerprint density at radius 3 is 2.33 bits per heavy atom. The van der Waals surface area contributed by atoms with Gasteiger partial charge >= 0.3 is 0 Å². The number of carbonyl (C=O) groups is 2. The van der Waals surface area contributed by atoms with E-state index in [0.717, 1.165) is 12.8 Å². The van der Waals surface area contributed by atoms with Gasteiger partial charge in [0.05, 0.1) is 10.6 Å². The maximum Gasteiger partial charge on any atom is 0.254 e. The van der Waals surface area contributed by atoms with Crippen molar-refractivity contribution in [1.29, 1.82) is 0 Å². The monoisotopic (exact) mass is 384 g/mol. The van der Waals surface area contributed by atoms with Crippen LogP contribution in [-0.2, 0) is 16.4 Å². The molecule has 0 atom stereocenters. The molecular formula is C20H20N2O4S. The number of sulfone groups is 1. The van der Waals surface area contributed by atoms with Crippen LogP contribution in [0.1, 0.15) is 39.1 Å². The molecule has 1 fully saturated rings. The third-order valence-corrected chi connectivity index (χ3v) is 6.68. The molecule has 27 heavy (non-hydrogen) atoms. The van der Waals surface area contributed by atoms with Crippen LogP contribution in [0.5, 0.6) is 0 Å². The number of hydrogen-bond acceptors (Lipinski definition) is 4. The van der Waals surface area contributed by atoms with Crippen molar-refractivity contribution in [3.8, 4) is 0 Å². The van der Waals surface area contributed by atoms with Crippen LogP contribution < -0.4 is 5.32 Å². The Labute approximate surface area is 158 Å². The van der Waals surface area contributed by atoms with Gasteiger partial charge < -0.3 is 10.2 Å². The molecule has 6 nitrogen and oxygen atoms in total. The fraction of sp³-hybridized carbons (Fsp3) is 0.300. The first-order chi connectivity index (χ1) is 12.9. The summed E-state index contributed by atoms with van der Waals surface area (Å²) in [5.74, 6) is -0.472. The lowest BCUT2D eigenvalue weighted by Gasteiger charge is -2.20. The van der Waals surface area contributed by atoms with Crippen molar-refractivity contribution < 1.29 is 18.0 Å². The van der Waals surface area contributed by atoms with Gasteiger partial charge in [0, 0.05) is 30.3 Å². The number of benzene rings is 2. The highest BCUT2D eigenvalue weighted by molar-refractivity contribution is 7.91. The average molecular weight is 384 g/mol. The second-order valence-electron chi connectivity index (χ2n) is 6.98. The molecule has 1 heterocycles. The molecule has 2 aromatic rings. The van der Waals surface area contributed by atoms with E-state index in [9.17, 15) is 18.0 Å². The minimum absolute atomic E-state index is 0.0996. The molecule has 0 bridgehead atoms. The summed E-state index contributed by atoms with van der Waals surface area (Å²) >= 11 is 0. The SMILES string of the molecule is O=C(NC1CC1)c1ccc(C(=O)N2CCS(=O)(=O)c3ccccc3C2)cc1. The maximum absolute atomic E-state index is 12.9. The van der Waals surface area contributed by atoms with Gasteiger partial charge in [-0.2, -0.15) is 0 Å². The smallest absolute Gasteiger partial charge is 0.254 e. The summed E-state index contributed by atoms with van der Waals surface area (Å²) in [6.07, 6.45) is 2.03. The van der Waals surface area contributed by atoms with Crippen LogP contribution in [0.4, 0.5) is 0 Å². The predicted octanol–water partition coefficient (Wildman–Crippen LogP) is 2.01. The van der Waals surface area contributed by atoms with Gasteiger partial charge in [-0.25, -0.2) is 8.42 Å². The van der Waals surface area contributed by atoms with E-state index in [1.165, 1.54) is 0 Å². The van der Waals surface area contributed by atoms with Crippen LogP contribution in [0.25, 0.3) is 0 Å². The van der Waals surface area contributed by atoms with Crippen molar-refractivity contribution in [3.05, 3.63) is 65.2 Å². The molecule has 2 aromatic carbocycles. The van der Waals surface area contributed by atoms with Gasteiger partial charge in [0.1, 0.15) is 0 Å². The highest BCUT2D eigenvalue weighted by Gasteiger charge is 2.28. The first-order valence-corrected chi connectivity index (χ1v) is 10.6. The molecule has 1 aliphatic carbocycles. The number of nitrogens with one attached hydrogen (secondary N) is 1. The Bertz CT molecular complexity index is 995. The highest BCUT2D eigenvalue weighted by Crippen LogP contribution is 2.24. The topological polar surface area (TPSA) is 83.6 Å². The summed E-state index contributed by atoms with van der Waals surface area (Å²) < 4.78 is 24.9. The molecule has 4 rings (SSSR count). The number of hydrogen-bond donors (Lipinski definition) is 1. The molecule has 140 valence electrons. The molecule has 1 aliphatic heterocycles. The normalized spacial score (nSPS) is 18.3. The Hall–Kier alpha value is -2.67. The lowest BCUT2D eigenvalue weighted by atomic mass is 10.1. The molecule has 1 saturated carbocycles. The predicted molar refractivity (Wildman–Crippen MR) is 100 cm³/mol.